The van der Waals surface area contributed by atoms with Crippen molar-refractivity contribution in [2.45, 2.75) is 12.1 Å². The van der Waals surface area contributed by atoms with E-state index in [0.29, 0.717) is 24.5 Å². The summed E-state index contributed by atoms with van der Waals surface area (Å²) in [7, 11) is -0.706. The molecule has 2 aromatic rings. The Labute approximate surface area is 142 Å². The number of fused-ring (bicyclic) bond motifs is 1. The van der Waals surface area contributed by atoms with Gasteiger partial charge in [-0.15, -0.1) is 0 Å². The number of halogens is 3. The normalized spacial score (nSPS) is 20.3. The largest absolute Gasteiger partial charge is 0.486 e. The van der Waals surface area contributed by atoms with E-state index in [2.05, 4.69) is 0 Å². The van der Waals surface area contributed by atoms with E-state index in [9.17, 15) is 18.0 Å². The van der Waals surface area contributed by atoms with E-state index in [1.165, 1.54) is 11.0 Å². The summed E-state index contributed by atoms with van der Waals surface area (Å²) in [6, 6.07) is 12.0. The second-order valence-electron chi connectivity index (χ2n) is 5.87. The third kappa shape index (κ3) is 2.71. The molecule has 2 heterocycles. The third-order valence-electron chi connectivity index (χ3n) is 4.37. The summed E-state index contributed by atoms with van der Waals surface area (Å²) in [5.41, 5.74) is 0.249. The van der Waals surface area contributed by atoms with Crippen LogP contribution in [0.5, 0.6) is 0 Å². The molecule has 0 bridgehead atoms. The fraction of sp³-hybridized carbons (Fsp3) is 0.235. The smallest absolute Gasteiger partial charge is 0.407 e. The zero-order valence-electron chi connectivity index (χ0n) is 13.0. The molecule has 2 aliphatic rings. The van der Waals surface area contributed by atoms with Crippen LogP contribution in [0.25, 0.3) is 0 Å². The van der Waals surface area contributed by atoms with Gasteiger partial charge in [-0.3, -0.25) is 4.79 Å². The summed E-state index contributed by atoms with van der Waals surface area (Å²) in [5.74, 6) is -1.11. The highest BCUT2D eigenvalue weighted by molar-refractivity contribution is 6.50. The van der Waals surface area contributed by atoms with Crippen LogP contribution >= 0.6 is 0 Å². The average molecular weight is 347 g/mol. The van der Waals surface area contributed by atoms with Gasteiger partial charge in [0, 0.05) is 11.3 Å². The van der Waals surface area contributed by atoms with Gasteiger partial charge in [0.15, 0.2) is 0 Å². The molecule has 4 nitrogen and oxygen atoms in total. The molecule has 1 atom stereocenters. The Bertz CT molecular complexity index is 807. The van der Waals surface area contributed by atoms with Crippen LogP contribution in [-0.2, 0) is 15.5 Å². The average Bonchev–Trinajstić information content (AvgIpc) is 3.21. The lowest BCUT2D eigenvalue weighted by Gasteiger charge is -2.26. The molecule has 0 spiro atoms. The molecule has 0 saturated carbocycles. The van der Waals surface area contributed by atoms with Crippen LogP contribution in [0.3, 0.4) is 0 Å². The van der Waals surface area contributed by atoms with Crippen LogP contribution < -0.4 is 4.90 Å². The Morgan fingerprint density at radius 3 is 2.36 bits per heavy atom. The number of amides is 1. The SMILES string of the molecule is O=C1c2cc(C(F)(F)F)ccc2C(B2OCCO2)N1c1ccccc1. The Hall–Kier alpha value is -2.32. The maximum atomic E-state index is 13.0. The number of rotatable bonds is 2. The molecular weight excluding hydrogens is 334 g/mol. The molecule has 25 heavy (non-hydrogen) atoms. The predicted octanol–water partition coefficient (Wildman–Crippen LogP) is 3.48. The molecule has 0 N–H and O–H groups in total. The van der Waals surface area contributed by atoms with Crippen LogP contribution in [-0.4, -0.2) is 26.2 Å². The highest BCUT2D eigenvalue weighted by Gasteiger charge is 2.49. The van der Waals surface area contributed by atoms with E-state index in [-0.39, 0.29) is 5.56 Å². The van der Waals surface area contributed by atoms with E-state index in [0.717, 1.165) is 12.1 Å². The predicted molar refractivity (Wildman–Crippen MR) is 85.1 cm³/mol. The molecule has 1 saturated heterocycles. The Morgan fingerprint density at radius 2 is 1.72 bits per heavy atom. The van der Waals surface area contributed by atoms with Gasteiger partial charge in [-0.25, -0.2) is 0 Å². The molecule has 1 fully saturated rings. The maximum absolute atomic E-state index is 13.0. The Kier molecular flexibility index (Phi) is 3.81. The molecule has 0 radical (unpaired) electrons. The van der Waals surface area contributed by atoms with Crippen molar-refractivity contribution >= 4 is 18.7 Å². The summed E-state index contributed by atoms with van der Waals surface area (Å²) < 4.78 is 50.2. The lowest BCUT2D eigenvalue weighted by Crippen LogP contribution is -2.38. The molecule has 2 aromatic carbocycles. The molecule has 1 unspecified atom stereocenters. The summed E-state index contributed by atoms with van der Waals surface area (Å²) >= 11 is 0. The molecule has 0 aromatic heterocycles. The number of carbonyl (C=O) groups is 1. The van der Waals surface area contributed by atoms with Crippen molar-refractivity contribution in [3.63, 3.8) is 0 Å². The van der Waals surface area contributed by atoms with Crippen LogP contribution in [0.2, 0.25) is 0 Å². The van der Waals surface area contributed by atoms with Gasteiger partial charge in [-0.05, 0) is 29.8 Å². The van der Waals surface area contributed by atoms with E-state index in [1.807, 2.05) is 0 Å². The first-order valence-corrected chi connectivity index (χ1v) is 7.80. The topological polar surface area (TPSA) is 38.8 Å². The van der Waals surface area contributed by atoms with Gasteiger partial charge in [-0.2, -0.15) is 13.2 Å². The number of carbonyl (C=O) groups excluding carboxylic acids is 1. The lowest BCUT2D eigenvalue weighted by molar-refractivity contribution is -0.137. The minimum atomic E-state index is -4.51. The summed E-state index contributed by atoms with van der Waals surface area (Å²) in [6.45, 7) is 0.766. The van der Waals surface area contributed by atoms with E-state index < -0.39 is 30.7 Å². The minimum Gasteiger partial charge on any atom is -0.407 e. The zero-order chi connectivity index (χ0) is 17.6. The van der Waals surface area contributed by atoms with Crippen molar-refractivity contribution in [1.82, 2.24) is 0 Å². The van der Waals surface area contributed by atoms with E-state index >= 15 is 0 Å². The molecule has 1 amide bonds. The summed E-state index contributed by atoms with van der Waals surface area (Å²) in [4.78, 5) is 14.3. The molecular formula is C17H13BF3NO3. The number of benzene rings is 2. The molecule has 0 aliphatic carbocycles. The van der Waals surface area contributed by atoms with Crippen molar-refractivity contribution in [2.24, 2.45) is 0 Å². The van der Waals surface area contributed by atoms with E-state index in [4.69, 9.17) is 9.31 Å². The van der Waals surface area contributed by atoms with Gasteiger partial charge in [0.05, 0.1) is 24.7 Å². The van der Waals surface area contributed by atoms with Gasteiger partial charge in [0.1, 0.15) is 0 Å². The van der Waals surface area contributed by atoms with Crippen LogP contribution in [0.15, 0.2) is 48.5 Å². The van der Waals surface area contributed by atoms with E-state index in [1.54, 1.807) is 30.3 Å². The first-order valence-electron chi connectivity index (χ1n) is 7.80. The number of hydrogen-bond donors (Lipinski definition) is 0. The van der Waals surface area contributed by atoms with Crippen molar-refractivity contribution in [3.8, 4) is 0 Å². The Balaban J connectivity index is 1.83. The minimum absolute atomic E-state index is 0.0304. The van der Waals surface area contributed by atoms with Crippen molar-refractivity contribution in [3.05, 3.63) is 65.2 Å². The second kappa shape index (κ2) is 5.89. The summed E-state index contributed by atoms with van der Waals surface area (Å²) in [6.07, 6.45) is -4.51. The first kappa shape index (κ1) is 16.2. The van der Waals surface area contributed by atoms with Gasteiger partial charge >= 0.3 is 13.3 Å². The molecule has 128 valence electrons. The first-order chi connectivity index (χ1) is 12.0. The fourth-order valence-electron chi connectivity index (χ4n) is 3.26. The zero-order valence-corrected chi connectivity index (χ0v) is 13.0. The monoisotopic (exact) mass is 347 g/mol. The Morgan fingerprint density at radius 1 is 1.04 bits per heavy atom. The van der Waals surface area contributed by atoms with Gasteiger partial charge < -0.3 is 14.2 Å². The van der Waals surface area contributed by atoms with Crippen molar-refractivity contribution in [1.29, 1.82) is 0 Å². The maximum Gasteiger partial charge on any atom is 0.486 e. The van der Waals surface area contributed by atoms with Gasteiger partial charge in [0.2, 0.25) is 0 Å². The third-order valence-corrected chi connectivity index (χ3v) is 4.37. The van der Waals surface area contributed by atoms with Crippen LogP contribution in [0, 0.1) is 0 Å². The quantitative estimate of drug-likeness (QED) is 0.781. The number of alkyl halides is 3. The van der Waals surface area contributed by atoms with Crippen molar-refractivity contribution in [2.75, 3.05) is 18.1 Å². The van der Waals surface area contributed by atoms with Crippen molar-refractivity contribution < 1.29 is 27.3 Å². The molecule has 4 rings (SSSR count). The second-order valence-corrected chi connectivity index (χ2v) is 5.87. The fourth-order valence-corrected chi connectivity index (χ4v) is 3.26. The lowest BCUT2D eigenvalue weighted by atomic mass is 9.74. The standard InChI is InChI=1S/C17H13BF3NO3/c19-17(20,21)11-6-7-13-14(10-11)16(23)22(12-4-2-1-3-5-12)15(13)18-24-8-9-25-18/h1-7,10,15H,8-9H2. The highest BCUT2D eigenvalue weighted by atomic mass is 19.4. The van der Waals surface area contributed by atoms with Gasteiger partial charge in [-0.1, -0.05) is 24.3 Å². The molecule has 8 heteroatoms. The highest BCUT2D eigenvalue weighted by Crippen LogP contribution is 2.42. The number of nitrogens with zero attached hydrogens (tertiary/aromatic N) is 1. The van der Waals surface area contributed by atoms with Gasteiger partial charge in [0.25, 0.3) is 5.91 Å². The summed E-state index contributed by atoms with van der Waals surface area (Å²) in [5, 5.41) is 0. The van der Waals surface area contributed by atoms with Crippen LogP contribution in [0.1, 0.15) is 27.4 Å². The number of hydrogen-bond acceptors (Lipinski definition) is 3. The van der Waals surface area contributed by atoms with Crippen LogP contribution in [0.4, 0.5) is 18.9 Å². The number of para-hydroxylation sites is 1. The molecule has 2 aliphatic heterocycles. The number of anilines is 1.